The first kappa shape index (κ1) is 23.4. The number of quaternary nitrogens is 1. The second-order valence-electron chi connectivity index (χ2n) is 8.27. The van der Waals surface area contributed by atoms with Crippen molar-refractivity contribution in [3.63, 3.8) is 0 Å². The monoisotopic (exact) mass is 446 g/mol. The standard InChI is InChI=1S/C20H34N2O.HI/c1-15(2)14-18-8-10-19(11-9-18)17(4)20(23)21-16(3)12-13-22(5,6)7;/h8-11,15-17H,12-14H2,1-7H3;1H. The van der Waals surface area contributed by atoms with Crippen LogP contribution in [0.3, 0.4) is 0 Å². The van der Waals surface area contributed by atoms with Gasteiger partial charge in [-0.05, 0) is 37.3 Å². The summed E-state index contributed by atoms with van der Waals surface area (Å²) in [5.74, 6) is 0.675. The van der Waals surface area contributed by atoms with Crippen LogP contribution in [0.25, 0.3) is 0 Å². The summed E-state index contributed by atoms with van der Waals surface area (Å²) in [5.41, 5.74) is 2.43. The molecule has 1 aromatic rings. The van der Waals surface area contributed by atoms with Gasteiger partial charge in [0.2, 0.25) is 5.91 Å². The zero-order valence-corrected chi connectivity index (χ0v) is 18.6. The molecule has 0 saturated carbocycles. The quantitative estimate of drug-likeness (QED) is 0.460. The van der Waals surface area contributed by atoms with Gasteiger partial charge in [0.25, 0.3) is 0 Å². The van der Waals surface area contributed by atoms with Gasteiger partial charge in [0, 0.05) is 12.5 Å². The molecule has 0 radical (unpaired) electrons. The molecule has 0 aliphatic rings. The molecule has 0 fully saturated rings. The van der Waals surface area contributed by atoms with Crippen LogP contribution in [0.5, 0.6) is 0 Å². The van der Waals surface area contributed by atoms with Crippen molar-refractivity contribution < 1.29 is 33.3 Å². The molecule has 0 aromatic heterocycles. The summed E-state index contributed by atoms with van der Waals surface area (Å²) in [5, 5.41) is 3.15. The lowest BCUT2D eigenvalue weighted by molar-refractivity contribution is -0.870. The van der Waals surface area contributed by atoms with Crippen LogP contribution in [0.4, 0.5) is 0 Å². The van der Waals surface area contributed by atoms with Crippen LogP contribution in [-0.2, 0) is 11.2 Å². The van der Waals surface area contributed by atoms with E-state index in [0.29, 0.717) is 5.92 Å². The lowest BCUT2D eigenvalue weighted by atomic mass is 9.96. The van der Waals surface area contributed by atoms with Gasteiger partial charge in [-0.3, -0.25) is 4.79 Å². The molecule has 0 aliphatic carbocycles. The largest absolute Gasteiger partial charge is 1.00 e. The van der Waals surface area contributed by atoms with E-state index in [1.807, 2.05) is 6.92 Å². The number of nitrogens with one attached hydrogen (secondary N) is 1. The van der Waals surface area contributed by atoms with Gasteiger partial charge in [0.1, 0.15) is 0 Å². The Morgan fingerprint density at radius 2 is 1.58 bits per heavy atom. The van der Waals surface area contributed by atoms with Crippen molar-refractivity contribution in [3.8, 4) is 0 Å². The Balaban J connectivity index is 0.00000529. The molecule has 4 heteroatoms. The first-order valence-corrected chi connectivity index (χ1v) is 8.78. The first-order chi connectivity index (χ1) is 10.6. The van der Waals surface area contributed by atoms with Crippen LogP contribution in [0.1, 0.15) is 51.2 Å². The van der Waals surface area contributed by atoms with Gasteiger partial charge in [-0.1, -0.05) is 38.1 Å². The van der Waals surface area contributed by atoms with Gasteiger partial charge >= 0.3 is 0 Å². The third-order valence-corrected chi connectivity index (χ3v) is 4.14. The van der Waals surface area contributed by atoms with E-state index in [-0.39, 0.29) is 41.8 Å². The molecule has 1 N–H and O–H groups in total. The SMILES string of the molecule is CC(C)Cc1ccc(C(C)C(=O)NC(C)CC[N+](C)(C)C)cc1.[I-]. The number of carbonyl (C=O) groups excluding carboxylic acids is 1. The van der Waals surface area contributed by atoms with E-state index in [2.05, 4.69) is 71.5 Å². The highest BCUT2D eigenvalue weighted by Crippen LogP contribution is 2.18. The Hall–Kier alpha value is -0.620. The maximum absolute atomic E-state index is 12.4. The Morgan fingerprint density at radius 3 is 2.04 bits per heavy atom. The maximum atomic E-state index is 12.4. The number of carbonyl (C=O) groups is 1. The maximum Gasteiger partial charge on any atom is 0.227 e. The van der Waals surface area contributed by atoms with Gasteiger partial charge in [-0.25, -0.2) is 0 Å². The van der Waals surface area contributed by atoms with Crippen molar-refractivity contribution in [3.05, 3.63) is 35.4 Å². The highest BCUT2D eigenvalue weighted by atomic mass is 127. The van der Waals surface area contributed by atoms with Gasteiger partial charge in [0.15, 0.2) is 0 Å². The second-order valence-corrected chi connectivity index (χ2v) is 8.27. The number of hydrogen-bond donors (Lipinski definition) is 1. The molecular weight excluding hydrogens is 411 g/mol. The molecule has 2 atom stereocenters. The third-order valence-electron chi connectivity index (χ3n) is 4.14. The number of rotatable bonds is 8. The molecular formula is C20H35IN2O. The average Bonchev–Trinajstić information content (AvgIpc) is 2.44. The van der Waals surface area contributed by atoms with Crippen LogP contribution in [-0.4, -0.2) is 44.1 Å². The molecule has 0 aliphatic heterocycles. The molecule has 3 nitrogen and oxygen atoms in total. The lowest BCUT2D eigenvalue weighted by Crippen LogP contribution is -3.00. The Morgan fingerprint density at radius 1 is 1.04 bits per heavy atom. The van der Waals surface area contributed by atoms with Gasteiger partial charge < -0.3 is 33.8 Å². The van der Waals surface area contributed by atoms with Crippen molar-refractivity contribution in [1.29, 1.82) is 0 Å². The lowest BCUT2D eigenvalue weighted by Gasteiger charge is -2.26. The van der Waals surface area contributed by atoms with E-state index < -0.39 is 0 Å². The number of hydrogen-bond acceptors (Lipinski definition) is 1. The van der Waals surface area contributed by atoms with Gasteiger partial charge in [0.05, 0.1) is 33.6 Å². The summed E-state index contributed by atoms with van der Waals surface area (Å²) in [7, 11) is 6.53. The molecule has 0 spiro atoms. The summed E-state index contributed by atoms with van der Waals surface area (Å²) in [6.45, 7) is 9.58. The number of halogens is 1. The molecule has 2 unspecified atom stereocenters. The predicted octanol–water partition coefficient (Wildman–Crippen LogP) is 0.594. The summed E-state index contributed by atoms with van der Waals surface area (Å²) in [6.07, 6.45) is 2.08. The Bertz CT molecular complexity index is 491. The topological polar surface area (TPSA) is 29.1 Å². The zero-order chi connectivity index (χ0) is 17.6. The molecule has 1 rings (SSSR count). The minimum Gasteiger partial charge on any atom is -1.00 e. The summed E-state index contributed by atoms with van der Waals surface area (Å²) >= 11 is 0. The van der Waals surface area contributed by atoms with E-state index in [1.54, 1.807) is 0 Å². The fraction of sp³-hybridized carbons (Fsp3) is 0.650. The van der Waals surface area contributed by atoms with Crippen LogP contribution < -0.4 is 29.3 Å². The van der Waals surface area contributed by atoms with Crippen molar-refractivity contribution in [2.45, 2.75) is 52.5 Å². The van der Waals surface area contributed by atoms with Gasteiger partial charge in [-0.15, -0.1) is 0 Å². The minimum atomic E-state index is -0.102. The third kappa shape index (κ3) is 9.02. The molecule has 1 aromatic carbocycles. The highest BCUT2D eigenvalue weighted by molar-refractivity contribution is 5.83. The van der Waals surface area contributed by atoms with E-state index >= 15 is 0 Å². The number of nitrogens with zero attached hydrogens (tertiary/aromatic N) is 1. The fourth-order valence-corrected chi connectivity index (χ4v) is 2.59. The molecule has 0 heterocycles. The minimum absolute atomic E-state index is 0. The second kappa shape index (κ2) is 10.4. The number of benzene rings is 1. The molecule has 0 saturated heterocycles. The molecule has 0 bridgehead atoms. The van der Waals surface area contributed by atoms with E-state index in [4.69, 9.17) is 0 Å². The highest BCUT2D eigenvalue weighted by Gasteiger charge is 2.18. The van der Waals surface area contributed by atoms with E-state index in [0.717, 1.165) is 29.4 Å². The summed E-state index contributed by atoms with van der Waals surface area (Å²) in [6, 6.07) is 8.71. The van der Waals surface area contributed by atoms with Crippen LogP contribution in [0, 0.1) is 5.92 Å². The van der Waals surface area contributed by atoms with E-state index in [9.17, 15) is 4.79 Å². The zero-order valence-electron chi connectivity index (χ0n) is 16.4. The fourth-order valence-electron chi connectivity index (χ4n) is 2.59. The van der Waals surface area contributed by atoms with Crippen LogP contribution >= 0.6 is 0 Å². The Kier molecular flexibility index (Phi) is 10.1. The van der Waals surface area contributed by atoms with Crippen molar-refractivity contribution in [2.75, 3.05) is 27.7 Å². The van der Waals surface area contributed by atoms with Gasteiger partial charge in [-0.2, -0.15) is 0 Å². The molecule has 138 valence electrons. The van der Waals surface area contributed by atoms with Crippen molar-refractivity contribution >= 4 is 5.91 Å². The summed E-state index contributed by atoms with van der Waals surface area (Å²) < 4.78 is 0.924. The normalized spacial score (nSPS) is 14.0. The van der Waals surface area contributed by atoms with Crippen molar-refractivity contribution in [1.82, 2.24) is 5.32 Å². The molecule has 1 amide bonds. The number of amides is 1. The molecule has 24 heavy (non-hydrogen) atoms. The van der Waals surface area contributed by atoms with Crippen molar-refractivity contribution in [2.24, 2.45) is 5.92 Å². The summed E-state index contributed by atoms with van der Waals surface area (Å²) in [4.78, 5) is 12.4. The predicted molar refractivity (Wildman–Crippen MR) is 98.5 cm³/mol. The van der Waals surface area contributed by atoms with E-state index in [1.165, 1.54) is 5.56 Å². The van der Waals surface area contributed by atoms with Crippen LogP contribution in [0.15, 0.2) is 24.3 Å². The Labute approximate surface area is 165 Å². The smallest absolute Gasteiger partial charge is 0.227 e. The first-order valence-electron chi connectivity index (χ1n) is 8.78. The van der Waals surface area contributed by atoms with Crippen LogP contribution in [0.2, 0.25) is 0 Å². The average molecular weight is 446 g/mol.